The van der Waals surface area contributed by atoms with Crippen molar-refractivity contribution in [1.29, 1.82) is 5.26 Å². The number of carbonyl (C=O) groups is 1. The van der Waals surface area contributed by atoms with Crippen molar-refractivity contribution in [2.45, 2.75) is 23.3 Å². The van der Waals surface area contributed by atoms with Crippen molar-refractivity contribution in [3.8, 4) is 6.07 Å². The second-order valence-corrected chi connectivity index (χ2v) is 10.6. The summed E-state index contributed by atoms with van der Waals surface area (Å²) in [6, 6.07) is 24.0. The monoisotopic (exact) mass is 512 g/mol. The number of piperidine rings is 1. The maximum atomic E-state index is 13.2. The third-order valence-corrected chi connectivity index (χ3v) is 8.11. The van der Waals surface area contributed by atoms with Gasteiger partial charge in [0.05, 0.1) is 27.9 Å². The highest BCUT2D eigenvalue weighted by atomic mass is 32.2. The van der Waals surface area contributed by atoms with Gasteiger partial charge in [-0.05, 0) is 48.7 Å². The summed E-state index contributed by atoms with van der Waals surface area (Å²) in [6.45, 7) is 0.662. The van der Waals surface area contributed by atoms with Gasteiger partial charge in [0.25, 0.3) is 15.9 Å². The molecular formula is C28H24N4O4S. The fourth-order valence-electron chi connectivity index (χ4n) is 4.68. The maximum absolute atomic E-state index is 13.2. The molecule has 1 aliphatic heterocycles. The summed E-state index contributed by atoms with van der Waals surface area (Å²) in [4.78, 5) is 19.1. The highest BCUT2D eigenvalue weighted by Crippen LogP contribution is 2.33. The molecule has 8 nitrogen and oxygen atoms in total. The van der Waals surface area contributed by atoms with Gasteiger partial charge in [0.15, 0.2) is 0 Å². The molecule has 2 heterocycles. The van der Waals surface area contributed by atoms with E-state index in [-0.39, 0.29) is 27.6 Å². The van der Waals surface area contributed by atoms with Crippen LogP contribution >= 0.6 is 0 Å². The van der Waals surface area contributed by atoms with Crippen LogP contribution in [0.15, 0.2) is 90.0 Å². The predicted octanol–water partition coefficient (Wildman–Crippen LogP) is 4.03. The number of carbonyl (C=O) groups excluding carboxylic acids is 1. The molecule has 3 aromatic carbocycles. The summed E-state index contributed by atoms with van der Waals surface area (Å²) >= 11 is 0. The number of nitrogens with one attached hydrogen (secondary N) is 1. The summed E-state index contributed by atoms with van der Waals surface area (Å²) in [6.07, 6.45) is 2.28. The topological polar surface area (TPSA) is 123 Å². The van der Waals surface area contributed by atoms with Crippen molar-refractivity contribution in [2.24, 2.45) is 0 Å². The molecule has 186 valence electrons. The van der Waals surface area contributed by atoms with Crippen LogP contribution < -0.4 is 4.72 Å². The molecule has 4 aromatic rings. The van der Waals surface area contributed by atoms with Crippen LogP contribution in [0.25, 0.3) is 10.9 Å². The van der Waals surface area contributed by atoms with E-state index in [0.29, 0.717) is 36.8 Å². The van der Waals surface area contributed by atoms with Gasteiger partial charge in [0, 0.05) is 24.7 Å². The van der Waals surface area contributed by atoms with Gasteiger partial charge < -0.3 is 10.0 Å². The Labute approximate surface area is 214 Å². The van der Waals surface area contributed by atoms with Gasteiger partial charge in [-0.3, -0.25) is 14.5 Å². The van der Waals surface area contributed by atoms with E-state index in [1.54, 1.807) is 29.2 Å². The fourth-order valence-corrected chi connectivity index (χ4v) is 5.91. The highest BCUT2D eigenvalue weighted by molar-refractivity contribution is 7.93. The molecule has 0 aliphatic carbocycles. The predicted molar refractivity (Wildman–Crippen MR) is 139 cm³/mol. The first-order valence-electron chi connectivity index (χ1n) is 11.8. The van der Waals surface area contributed by atoms with Crippen LogP contribution in [0.5, 0.6) is 0 Å². The van der Waals surface area contributed by atoms with Crippen LogP contribution in [-0.2, 0) is 15.6 Å². The quantitative estimate of drug-likeness (QED) is 0.416. The standard InChI is InChI=1S/C28H24N4O4S/c29-19-21-18-23(31-37(35,36)25-10-4-6-20-7-5-15-30-26(20)25)11-12-24(21)27(33)32-16-13-28(34,14-17-32)22-8-2-1-3-9-22/h1-12,15,18,31,34H,13-14,16-17H2. The second kappa shape index (κ2) is 9.65. The molecule has 2 N–H and O–H groups in total. The molecule has 0 radical (unpaired) electrons. The molecule has 0 atom stereocenters. The Morgan fingerprint density at radius 3 is 2.46 bits per heavy atom. The van der Waals surface area contributed by atoms with Crippen LogP contribution in [0.2, 0.25) is 0 Å². The number of hydrogen-bond acceptors (Lipinski definition) is 6. The number of likely N-dealkylation sites (tertiary alicyclic amines) is 1. The number of benzene rings is 3. The first kappa shape index (κ1) is 24.4. The van der Waals surface area contributed by atoms with E-state index in [1.807, 2.05) is 36.4 Å². The summed E-state index contributed by atoms with van der Waals surface area (Å²) in [5.74, 6) is -0.334. The fraction of sp³-hybridized carbons (Fsp3) is 0.179. The minimum atomic E-state index is -4.00. The Balaban J connectivity index is 1.35. The molecule has 1 aliphatic rings. The average molecular weight is 513 g/mol. The molecule has 9 heteroatoms. The number of fused-ring (bicyclic) bond motifs is 1. The third-order valence-electron chi connectivity index (χ3n) is 6.70. The largest absolute Gasteiger partial charge is 0.385 e. The minimum Gasteiger partial charge on any atom is -0.385 e. The van der Waals surface area contributed by atoms with Gasteiger partial charge in [-0.15, -0.1) is 0 Å². The molecule has 0 bridgehead atoms. The van der Waals surface area contributed by atoms with Gasteiger partial charge in [0.1, 0.15) is 11.0 Å². The lowest BCUT2D eigenvalue weighted by Crippen LogP contribution is -2.45. The summed E-state index contributed by atoms with van der Waals surface area (Å²) in [7, 11) is -4.00. The summed E-state index contributed by atoms with van der Waals surface area (Å²) < 4.78 is 28.8. The zero-order valence-corrected chi connectivity index (χ0v) is 20.6. The van der Waals surface area contributed by atoms with Crippen molar-refractivity contribution in [2.75, 3.05) is 17.8 Å². The average Bonchev–Trinajstić information content (AvgIpc) is 2.93. The number of sulfonamides is 1. The molecule has 37 heavy (non-hydrogen) atoms. The van der Waals surface area contributed by atoms with Crippen molar-refractivity contribution >= 4 is 32.5 Å². The van der Waals surface area contributed by atoms with E-state index in [2.05, 4.69) is 9.71 Å². The number of anilines is 1. The highest BCUT2D eigenvalue weighted by Gasteiger charge is 2.36. The van der Waals surface area contributed by atoms with Gasteiger partial charge in [0.2, 0.25) is 0 Å². The number of nitrogens with zero attached hydrogens (tertiary/aromatic N) is 3. The van der Waals surface area contributed by atoms with E-state index in [1.165, 1.54) is 30.5 Å². The molecular weight excluding hydrogens is 488 g/mol. The first-order chi connectivity index (χ1) is 17.8. The Bertz CT molecular complexity index is 1620. The molecule has 0 spiro atoms. The Morgan fingerprint density at radius 1 is 1.00 bits per heavy atom. The van der Waals surface area contributed by atoms with Gasteiger partial charge in [-0.2, -0.15) is 5.26 Å². The number of rotatable bonds is 5. The van der Waals surface area contributed by atoms with Crippen molar-refractivity contribution < 1.29 is 18.3 Å². The Morgan fingerprint density at radius 2 is 1.73 bits per heavy atom. The van der Waals surface area contributed by atoms with Crippen LogP contribution in [0.4, 0.5) is 5.69 Å². The molecule has 1 aromatic heterocycles. The number of aliphatic hydroxyl groups is 1. The zero-order chi connectivity index (χ0) is 26.0. The van der Waals surface area contributed by atoms with E-state index in [9.17, 15) is 23.6 Å². The number of pyridine rings is 1. The first-order valence-corrected chi connectivity index (χ1v) is 13.3. The SMILES string of the molecule is N#Cc1cc(NS(=O)(=O)c2cccc3cccnc23)ccc1C(=O)N1CCC(O)(c2ccccc2)CC1. The van der Waals surface area contributed by atoms with Crippen molar-refractivity contribution in [3.63, 3.8) is 0 Å². The second-order valence-electron chi connectivity index (χ2n) is 9.00. The number of nitriles is 1. The molecule has 1 fully saturated rings. The lowest BCUT2D eigenvalue weighted by molar-refractivity contribution is -0.0211. The maximum Gasteiger partial charge on any atom is 0.264 e. The van der Waals surface area contributed by atoms with E-state index in [4.69, 9.17) is 0 Å². The van der Waals surface area contributed by atoms with Crippen LogP contribution in [0.1, 0.15) is 34.3 Å². The zero-order valence-electron chi connectivity index (χ0n) is 19.8. The van der Waals surface area contributed by atoms with Crippen LogP contribution in [0, 0.1) is 11.3 Å². The van der Waals surface area contributed by atoms with Gasteiger partial charge in [-0.25, -0.2) is 8.42 Å². The van der Waals surface area contributed by atoms with Crippen molar-refractivity contribution in [3.05, 3.63) is 102 Å². The van der Waals surface area contributed by atoms with E-state index in [0.717, 1.165) is 5.56 Å². The summed E-state index contributed by atoms with van der Waals surface area (Å²) in [5, 5.41) is 21.5. The molecule has 1 amide bonds. The minimum absolute atomic E-state index is 0.0171. The van der Waals surface area contributed by atoms with E-state index >= 15 is 0 Å². The number of aromatic nitrogens is 1. The smallest absolute Gasteiger partial charge is 0.264 e. The Hall–Kier alpha value is -4.26. The van der Waals surface area contributed by atoms with Gasteiger partial charge >= 0.3 is 0 Å². The van der Waals surface area contributed by atoms with Crippen LogP contribution in [0.3, 0.4) is 0 Å². The normalized spacial score (nSPS) is 15.2. The van der Waals surface area contributed by atoms with Crippen molar-refractivity contribution in [1.82, 2.24) is 9.88 Å². The number of hydrogen-bond donors (Lipinski definition) is 2. The molecule has 5 rings (SSSR count). The third kappa shape index (κ3) is 4.77. The van der Waals surface area contributed by atoms with Gasteiger partial charge in [-0.1, -0.05) is 48.5 Å². The number of para-hydroxylation sites is 1. The Kier molecular flexibility index (Phi) is 6.38. The summed E-state index contributed by atoms with van der Waals surface area (Å²) in [5.41, 5.74) is 0.559. The van der Waals surface area contributed by atoms with Crippen LogP contribution in [-0.4, -0.2) is 42.4 Å². The lowest BCUT2D eigenvalue weighted by atomic mass is 9.84. The number of amides is 1. The molecule has 1 saturated heterocycles. The molecule has 0 unspecified atom stereocenters. The van der Waals surface area contributed by atoms with E-state index < -0.39 is 15.6 Å². The lowest BCUT2D eigenvalue weighted by Gasteiger charge is -2.38. The molecule has 0 saturated carbocycles.